The summed E-state index contributed by atoms with van der Waals surface area (Å²) in [6, 6.07) is 10.8. The van der Waals surface area contributed by atoms with Crippen LogP contribution in [0.4, 0.5) is 5.69 Å². The lowest BCUT2D eigenvalue weighted by Crippen LogP contribution is -2.06. The third-order valence-electron chi connectivity index (χ3n) is 2.46. The minimum absolute atomic E-state index is 0.0938. The van der Waals surface area contributed by atoms with Crippen LogP contribution in [0.5, 0.6) is 0 Å². The monoisotopic (exact) mass is 228 g/mol. The first kappa shape index (κ1) is 11.1. The first-order valence-corrected chi connectivity index (χ1v) is 5.15. The van der Waals surface area contributed by atoms with Gasteiger partial charge in [-0.05, 0) is 13.0 Å². The van der Waals surface area contributed by atoms with Crippen LogP contribution < -0.4 is 5.73 Å². The Labute approximate surface area is 98.7 Å². The van der Waals surface area contributed by atoms with Gasteiger partial charge in [-0.3, -0.25) is 4.98 Å². The van der Waals surface area contributed by atoms with Crippen molar-refractivity contribution >= 4 is 11.7 Å². The van der Waals surface area contributed by atoms with Gasteiger partial charge in [0.25, 0.3) is 0 Å². The number of hydrogen-bond donors (Lipinski definition) is 2. The Morgan fingerprint density at radius 2 is 1.94 bits per heavy atom. The maximum absolute atomic E-state index is 11.0. The summed E-state index contributed by atoms with van der Waals surface area (Å²) in [5.41, 5.74) is 8.11. The molecular weight excluding hydrogens is 216 g/mol. The molecule has 86 valence electrons. The van der Waals surface area contributed by atoms with E-state index in [0.29, 0.717) is 11.4 Å². The number of hydrogen-bond acceptors (Lipinski definition) is 3. The SMILES string of the molecule is Cc1cc(C(=O)O)c(N)c(-c2ccccc2)n1. The summed E-state index contributed by atoms with van der Waals surface area (Å²) < 4.78 is 0. The summed E-state index contributed by atoms with van der Waals surface area (Å²) in [7, 11) is 0. The molecule has 1 aromatic carbocycles. The topological polar surface area (TPSA) is 76.2 Å². The number of aromatic carboxylic acids is 1. The van der Waals surface area contributed by atoms with Gasteiger partial charge in [-0.1, -0.05) is 30.3 Å². The second-order valence-electron chi connectivity index (χ2n) is 3.74. The molecule has 0 aliphatic heterocycles. The van der Waals surface area contributed by atoms with Crippen LogP contribution >= 0.6 is 0 Å². The first-order valence-electron chi connectivity index (χ1n) is 5.15. The van der Waals surface area contributed by atoms with Gasteiger partial charge in [-0.15, -0.1) is 0 Å². The van der Waals surface area contributed by atoms with Crippen LogP contribution in [-0.2, 0) is 0 Å². The van der Waals surface area contributed by atoms with Crippen molar-refractivity contribution < 1.29 is 9.90 Å². The number of carbonyl (C=O) groups is 1. The normalized spacial score (nSPS) is 10.2. The van der Waals surface area contributed by atoms with Crippen molar-refractivity contribution in [3.8, 4) is 11.3 Å². The molecule has 1 heterocycles. The van der Waals surface area contributed by atoms with Crippen LogP contribution in [0.1, 0.15) is 16.1 Å². The Kier molecular flexibility index (Phi) is 2.78. The number of aryl methyl sites for hydroxylation is 1. The summed E-state index contributed by atoms with van der Waals surface area (Å²) in [5.74, 6) is -1.04. The van der Waals surface area contributed by atoms with E-state index in [1.165, 1.54) is 6.07 Å². The molecule has 0 spiro atoms. The van der Waals surface area contributed by atoms with E-state index in [2.05, 4.69) is 4.98 Å². The molecule has 3 N–H and O–H groups in total. The molecule has 0 amide bonds. The summed E-state index contributed by atoms with van der Waals surface area (Å²) >= 11 is 0. The number of nitrogens with two attached hydrogens (primary N) is 1. The van der Waals surface area contributed by atoms with Crippen molar-refractivity contribution in [2.75, 3.05) is 5.73 Å². The van der Waals surface area contributed by atoms with Crippen molar-refractivity contribution in [3.05, 3.63) is 47.7 Å². The Morgan fingerprint density at radius 3 is 2.53 bits per heavy atom. The number of pyridine rings is 1. The number of benzene rings is 1. The molecule has 2 rings (SSSR count). The van der Waals surface area contributed by atoms with Crippen LogP contribution in [0.15, 0.2) is 36.4 Å². The van der Waals surface area contributed by atoms with E-state index in [-0.39, 0.29) is 11.3 Å². The molecule has 2 aromatic rings. The highest BCUT2D eigenvalue weighted by molar-refractivity contribution is 5.97. The summed E-state index contributed by atoms with van der Waals surface area (Å²) in [5, 5.41) is 9.05. The number of nitrogens with zero attached hydrogens (tertiary/aromatic N) is 1. The highest BCUT2D eigenvalue weighted by Gasteiger charge is 2.14. The van der Waals surface area contributed by atoms with Crippen molar-refractivity contribution in [3.63, 3.8) is 0 Å². The maximum atomic E-state index is 11.0. The van der Waals surface area contributed by atoms with Crippen molar-refractivity contribution in [2.24, 2.45) is 0 Å². The second-order valence-corrected chi connectivity index (χ2v) is 3.74. The van der Waals surface area contributed by atoms with Gasteiger partial charge in [0.2, 0.25) is 0 Å². The fourth-order valence-corrected chi connectivity index (χ4v) is 1.68. The largest absolute Gasteiger partial charge is 0.478 e. The highest BCUT2D eigenvalue weighted by Crippen LogP contribution is 2.27. The number of rotatable bonds is 2. The molecule has 0 atom stereocenters. The highest BCUT2D eigenvalue weighted by atomic mass is 16.4. The summed E-state index contributed by atoms with van der Waals surface area (Å²) in [4.78, 5) is 15.3. The molecule has 1 aromatic heterocycles. The lowest BCUT2D eigenvalue weighted by Gasteiger charge is -2.09. The van der Waals surface area contributed by atoms with Gasteiger partial charge in [0, 0.05) is 11.3 Å². The van der Waals surface area contributed by atoms with Crippen LogP contribution in [-0.4, -0.2) is 16.1 Å². The quantitative estimate of drug-likeness (QED) is 0.827. The van der Waals surface area contributed by atoms with Crippen molar-refractivity contribution in [1.82, 2.24) is 4.98 Å². The van der Waals surface area contributed by atoms with Gasteiger partial charge in [0.05, 0.1) is 16.9 Å². The van der Waals surface area contributed by atoms with Gasteiger partial charge in [-0.2, -0.15) is 0 Å². The molecule has 0 fully saturated rings. The molecule has 4 nitrogen and oxygen atoms in total. The maximum Gasteiger partial charge on any atom is 0.337 e. The van der Waals surface area contributed by atoms with E-state index in [4.69, 9.17) is 10.8 Å². The molecule has 0 unspecified atom stereocenters. The first-order chi connectivity index (χ1) is 8.09. The number of nitrogen functional groups attached to an aromatic ring is 1. The van der Waals surface area contributed by atoms with Gasteiger partial charge < -0.3 is 10.8 Å². The van der Waals surface area contributed by atoms with Gasteiger partial charge in [0.1, 0.15) is 0 Å². The van der Waals surface area contributed by atoms with Gasteiger partial charge in [0.15, 0.2) is 0 Å². The Bertz CT molecular complexity index is 565. The Hall–Kier alpha value is -2.36. The van der Waals surface area contributed by atoms with E-state index in [9.17, 15) is 4.79 Å². The van der Waals surface area contributed by atoms with Crippen LogP contribution in [0.3, 0.4) is 0 Å². The Balaban J connectivity index is 2.67. The molecule has 0 saturated carbocycles. The van der Waals surface area contributed by atoms with Crippen molar-refractivity contribution in [2.45, 2.75) is 6.92 Å². The molecular formula is C13H12N2O2. The predicted octanol–water partition coefficient (Wildman–Crippen LogP) is 2.34. The number of carboxylic acid groups (broad SMARTS) is 1. The fourth-order valence-electron chi connectivity index (χ4n) is 1.68. The third kappa shape index (κ3) is 2.10. The lowest BCUT2D eigenvalue weighted by molar-refractivity contribution is 0.0698. The predicted molar refractivity (Wildman–Crippen MR) is 65.8 cm³/mol. The molecule has 0 radical (unpaired) electrons. The van der Waals surface area contributed by atoms with E-state index in [0.717, 1.165) is 5.56 Å². The van der Waals surface area contributed by atoms with Gasteiger partial charge in [-0.25, -0.2) is 4.79 Å². The van der Waals surface area contributed by atoms with E-state index < -0.39 is 5.97 Å². The summed E-state index contributed by atoms with van der Waals surface area (Å²) in [6.07, 6.45) is 0. The lowest BCUT2D eigenvalue weighted by atomic mass is 10.1. The zero-order valence-electron chi connectivity index (χ0n) is 9.34. The molecule has 0 aliphatic rings. The zero-order chi connectivity index (χ0) is 12.4. The minimum atomic E-state index is -1.04. The molecule has 17 heavy (non-hydrogen) atoms. The van der Waals surface area contributed by atoms with E-state index >= 15 is 0 Å². The zero-order valence-corrected chi connectivity index (χ0v) is 9.34. The standard InChI is InChI=1S/C13H12N2O2/c1-8-7-10(13(16)17)11(14)12(15-8)9-5-3-2-4-6-9/h2-7H,14H2,1H3,(H,16,17). The van der Waals surface area contributed by atoms with Crippen LogP contribution in [0.2, 0.25) is 0 Å². The van der Waals surface area contributed by atoms with Crippen molar-refractivity contribution in [1.29, 1.82) is 0 Å². The van der Waals surface area contributed by atoms with E-state index in [1.807, 2.05) is 30.3 Å². The Morgan fingerprint density at radius 1 is 1.29 bits per heavy atom. The third-order valence-corrected chi connectivity index (χ3v) is 2.46. The smallest absolute Gasteiger partial charge is 0.337 e. The fraction of sp³-hybridized carbons (Fsp3) is 0.0769. The molecule has 4 heteroatoms. The molecule has 0 aliphatic carbocycles. The molecule has 0 saturated heterocycles. The average molecular weight is 228 g/mol. The second kappa shape index (κ2) is 4.25. The number of carboxylic acids is 1. The summed E-state index contributed by atoms with van der Waals surface area (Å²) in [6.45, 7) is 1.75. The number of anilines is 1. The van der Waals surface area contributed by atoms with Crippen LogP contribution in [0, 0.1) is 6.92 Å². The van der Waals surface area contributed by atoms with E-state index in [1.54, 1.807) is 6.92 Å². The average Bonchev–Trinajstić information content (AvgIpc) is 2.32. The van der Waals surface area contributed by atoms with Crippen LogP contribution in [0.25, 0.3) is 11.3 Å². The minimum Gasteiger partial charge on any atom is -0.478 e. The number of aromatic nitrogens is 1. The van der Waals surface area contributed by atoms with Gasteiger partial charge >= 0.3 is 5.97 Å². The molecule has 0 bridgehead atoms.